The van der Waals surface area contributed by atoms with Crippen LogP contribution in [0.3, 0.4) is 0 Å². The van der Waals surface area contributed by atoms with Gasteiger partial charge in [0.1, 0.15) is 0 Å². The van der Waals surface area contributed by atoms with Crippen molar-refractivity contribution in [2.24, 2.45) is 0 Å². The summed E-state index contributed by atoms with van der Waals surface area (Å²) in [5, 5.41) is 2.93. The number of fused-ring (bicyclic) bond motifs is 1. The molecule has 4 rings (SSSR count). The van der Waals surface area contributed by atoms with Crippen LogP contribution in [-0.4, -0.2) is 31.6 Å². The number of hydrogen-bond acceptors (Lipinski definition) is 5. The van der Waals surface area contributed by atoms with Gasteiger partial charge in [-0.3, -0.25) is 9.59 Å². The number of nitrogens with zero attached hydrogens (tertiary/aromatic N) is 1. The Morgan fingerprint density at radius 2 is 1.84 bits per heavy atom. The summed E-state index contributed by atoms with van der Waals surface area (Å²) >= 11 is 0. The second-order valence-electron chi connectivity index (χ2n) is 7.36. The Hall–Kier alpha value is -3.74. The highest BCUT2D eigenvalue weighted by molar-refractivity contribution is 6.07. The van der Waals surface area contributed by atoms with Crippen molar-refractivity contribution >= 4 is 23.2 Å². The lowest BCUT2D eigenvalue weighted by Crippen LogP contribution is -2.35. The Labute approximate surface area is 186 Å². The van der Waals surface area contributed by atoms with Gasteiger partial charge in [-0.1, -0.05) is 6.07 Å². The number of aryl methyl sites for hydroxylation is 1. The van der Waals surface area contributed by atoms with Crippen molar-refractivity contribution in [2.45, 2.75) is 26.7 Å². The molecule has 0 unspecified atom stereocenters. The molecule has 3 aromatic rings. The number of hydrogen-bond donors (Lipinski definition) is 1. The van der Waals surface area contributed by atoms with Crippen molar-refractivity contribution in [3.8, 4) is 11.5 Å². The van der Waals surface area contributed by atoms with Crippen molar-refractivity contribution in [1.82, 2.24) is 0 Å². The highest BCUT2D eigenvalue weighted by Gasteiger charge is 2.25. The molecule has 166 valence electrons. The van der Waals surface area contributed by atoms with E-state index in [1.807, 2.05) is 32.0 Å². The molecule has 0 spiro atoms. The minimum absolute atomic E-state index is 0.188. The summed E-state index contributed by atoms with van der Waals surface area (Å²) in [6.45, 7) is 5.35. The lowest BCUT2D eigenvalue weighted by molar-refractivity contribution is 0.0958. The minimum Gasteiger partial charge on any atom is -0.490 e. The number of benzene rings is 2. The lowest BCUT2D eigenvalue weighted by atomic mass is 10.0. The fourth-order valence-corrected chi connectivity index (χ4v) is 3.79. The predicted octanol–water partition coefficient (Wildman–Crippen LogP) is 4.92. The maximum absolute atomic E-state index is 12.9. The van der Waals surface area contributed by atoms with Gasteiger partial charge in [0.2, 0.25) is 0 Å². The fourth-order valence-electron chi connectivity index (χ4n) is 3.79. The Morgan fingerprint density at radius 1 is 1.03 bits per heavy atom. The van der Waals surface area contributed by atoms with Gasteiger partial charge in [-0.05, 0) is 74.7 Å². The van der Waals surface area contributed by atoms with Crippen molar-refractivity contribution in [3.63, 3.8) is 0 Å². The molecule has 0 saturated heterocycles. The smallest absolute Gasteiger partial charge is 0.293 e. The minimum atomic E-state index is -0.270. The SMILES string of the molecule is CCOc1ccc(C(=O)Nc2ccc3c(c2)N(C(=O)c2ccco2)CCC3)cc1OCC. The van der Waals surface area contributed by atoms with Crippen LogP contribution >= 0.6 is 0 Å². The highest BCUT2D eigenvalue weighted by Crippen LogP contribution is 2.32. The van der Waals surface area contributed by atoms with Crippen LogP contribution in [0.4, 0.5) is 11.4 Å². The van der Waals surface area contributed by atoms with Gasteiger partial charge < -0.3 is 24.1 Å². The van der Waals surface area contributed by atoms with Gasteiger partial charge >= 0.3 is 0 Å². The van der Waals surface area contributed by atoms with Gasteiger partial charge in [-0.2, -0.15) is 0 Å². The summed E-state index contributed by atoms with van der Waals surface area (Å²) in [6, 6.07) is 14.1. The predicted molar refractivity (Wildman–Crippen MR) is 122 cm³/mol. The third-order valence-corrected chi connectivity index (χ3v) is 5.24. The van der Waals surface area contributed by atoms with E-state index in [1.165, 1.54) is 6.26 Å². The summed E-state index contributed by atoms with van der Waals surface area (Å²) in [5.41, 5.74) is 2.92. The maximum atomic E-state index is 12.9. The van der Waals surface area contributed by atoms with E-state index in [1.54, 1.807) is 35.2 Å². The molecule has 0 aliphatic carbocycles. The average molecular weight is 434 g/mol. The molecule has 7 nitrogen and oxygen atoms in total. The molecular weight excluding hydrogens is 408 g/mol. The zero-order chi connectivity index (χ0) is 22.5. The number of furan rings is 1. The first-order chi connectivity index (χ1) is 15.6. The van der Waals surface area contributed by atoms with Crippen LogP contribution in [0.15, 0.2) is 59.2 Å². The monoisotopic (exact) mass is 434 g/mol. The van der Waals surface area contributed by atoms with Gasteiger partial charge in [0, 0.05) is 23.5 Å². The van der Waals surface area contributed by atoms with E-state index in [-0.39, 0.29) is 11.8 Å². The molecule has 7 heteroatoms. The molecule has 0 fully saturated rings. The Morgan fingerprint density at radius 3 is 2.59 bits per heavy atom. The van der Waals surface area contributed by atoms with E-state index in [0.717, 1.165) is 24.1 Å². The first-order valence-corrected chi connectivity index (χ1v) is 10.8. The molecule has 1 aromatic heterocycles. The van der Waals surface area contributed by atoms with Crippen molar-refractivity contribution < 1.29 is 23.5 Å². The largest absolute Gasteiger partial charge is 0.490 e. The van der Waals surface area contributed by atoms with Crippen LogP contribution in [-0.2, 0) is 6.42 Å². The molecule has 32 heavy (non-hydrogen) atoms. The molecule has 0 bridgehead atoms. The van der Waals surface area contributed by atoms with E-state index in [2.05, 4.69) is 5.32 Å². The lowest BCUT2D eigenvalue weighted by Gasteiger charge is -2.29. The number of amides is 2. The fraction of sp³-hybridized carbons (Fsp3) is 0.280. The summed E-state index contributed by atoms with van der Waals surface area (Å²) in [4.78, 5) is 27.5. The Balaban J connectivity index is 1.56. The van der Waals surface area contributed by atoms with E-state index >= 15 is 0 Å². The number of nitrogens with one attached hydrogen (secondary N) is 1. The third-order valence-electron chi connectivity index (χ3n) is 5.24. The normalized spacial score (nSPS) is 12.8. The Kier molecular flexibility index (Phi) is 6.44. The van der Waals surface area contributed by atoms with Crippen molar-refractivity contribution in [1.29, 1.82) is 0 Å². The number of anilines is 2. The van der Waals surface area contributed by atoms with Crippen LogP contribution in [0.1, 0.15) is 46.7 Å². The third kappa shape index (κ3) is 4.46. The van der Waals surface area contributed by atoms with Crippen LogP contribution < -0.4 is 19.7 Å². The second kappa shape index (κ2) is 9.60. The Bertz CT molecular complexity index is 1110. The van der Waals surface area contributed by atoms with Gasteiger partial charge in [0.25, 0.3) is 11.8 Å². The molecule has 0 atom stereocenters. The zero-order valence-corrected chi connectivity index (χ0v) is 18.2. The first kappa shape index (κ1) is 21.5. The maximum Gasteiger partial charge on any atom is 0.293 e. The van der Waals surface area contributed by atoms with Crippen molar-refractivity contribution in [3.05, 3.63) is 71.7 Å². The van der Waals surface area contributed by atoms with Gasteiger partial charge in [-0.15, -0.1) is 0 Å². The summed E-state index contributed by atoms with van der Waals surface area (Å²) < 4.78 is 16.5. The molecule has 0 saturated carbocycles. The van der Waals surface area contributed by atoms with E-state index in [9.17, 15) is 9.59 Å². The number of carbonyl (C=O) groups is 2. The van der Waals surface area contributed by atoms with Gasteiger partial charge in [0.15, 0.2) is 17.3 Å². The quantitative estimate of drug-likeness (QED) is 0.571. The standard InChI is InChI=1S/C25H26N2O5/c1-3-30-21-12-10-18(15-23(21)31-4-2)24(28)26-19-11-9-17-7-5-13-27(20(17)16-19)25(29)22-8-6-14-32-22/h6,8-12,14-16H,3-5,7,13H2,1-2H3,(H,26,28). The summed E-state index contributed by atoms with van der Waals surface area (Å²) in [5.74, 6) is 0.973. The molecule has 1 aliphatic rings. The highest BCUT2D eigenvalue weighted by atomic mass is 16.5. The number of ether oxygens (including phenoxy) is 2. The van der Waals surface area contributed by atoms with Crippen LogP contribution in [0.5, 0.6) is 11.5 Å². The van der Waals surface area contributed by atoms with Crippen LogP contribution in [0, 0.1) is 0 Å². The summed E-state index contributed by atoms with van der Waals surface area (Å²) in [7, 11) is 0. The molecule has 1 aliphatic heterocycles. The topological polar surface area (TPSA) is 81.0 Å². The molecule has 1 N–H and O–H groups in total. The molecule has 2 aromatic carbocycles. The van der Waals surface area contributed by atoms with Gasteiger partial charge in [-0.25, -0.2) is 0 Å². The van der Waals surface area contributed by atoms with E-state index in [0.29, 0.717) is 48.3 Å². The van der Waals surface area contributed by atoms with Gasteiger partial charge in [0.05, 0.1) is 19.5 Å². The molecule has 2 heterocycles. The zero-order valence-electron chi connectivity index (χ0n) is 18.2. The van der Waals surface area contributed by atoms with Crippen LogP contribution in [0.25, 0.3) is 0 Å². The summed E-state index contributed by atoms with van der Waals surface area (Å²) in [6.07, 6.45) is 3.24. The number of rotatable bonds is 7. The van der Waals surface area contributed by atoms with Crippen LogP contribution in [0.2, 0.25) is 0 Å². The number of carbonyl (C=O) groups excluding carboxylic acids is 2. The molecular formula is C25H26N2O5. The first-order valence-electron chi connectivity index (χ1n) is 10.8. The average Bonchev–Trinajstić information content (AvgIpc) is 3.34. The molecule has 2 amide bonds. The van der Waals surface area contributed by atoms with E-state index < -0.39 is 0 Å². The second-order valence-corrected chi connectivity index (χ2v) is 7.36. The van der Waals surface area contributed by atoms with Crippen molar-refractivity contribution in [2.75, 3.05) is 30.0 Å². The molecule has 0 radical (unpaired) electrons. The van der Waals surface area contributed by atoms with E-state index in [4.69, 9.17) is 13.9 Å².